The van der Waals surface area contributed by atoms with Gasteiger partial charge in [0, 0.05) is 18.5 Å². The van der Waals surface area contributed by atoms with Crippen LogP contribution in [0.15, 0.2) is 30.6 Å². The molecule has 0 aliphatic carbocycles. The Morgan fingerprint density at radius 3 is 2.71 bits per heavy atom. The van der Waals surface area contributed by atoms with E-state index < -0.39 is 17.7 Å². The molecule has 0 saturated heterocycles. The summed E-state index contributed by atoms with van der Waals surface area (Å²) in [6.07, 6.45) is 1.51. The monoisotopic (exact) mass is 291 g/mol. The van der Waals surface area contributed by atoms with Crippen LogP contribution in [0.4, 0.5) is 4.39 Å². The highest BCUT2D eigenvalue weighted by Gasteiger charge is 2.25. The molecule has 1 aromatic carbocycles. The third kappa shape index (κ3) is 3.65. The second-order valence-corrected chi connectivity index (χ2v) is 5.37. The van der Waals surface area contributed by atoms with Gasteiger partial charge >= 0.3 is 5.97 Å². The number of rotatable bonds is 6. The van der Waals surface area contributed by atoms with Gasteiger partial charge in [-0.2, -0.15) is 5.10 Å². The van der Waals surface area contributed by atoms with Crippen LogP contribution in [0, 0.1) is 11.7 Å². The summed E-state index contributed by atoms with van der Waals surface area (Å²) in [5.41, 5.74) is 0.170. The topological polar surface area (TPSA) is 68.0 Å². The Bertz CT molecular complexity index is 625. The molecule has 0 saturated carbocycles. The Balaban J connectivity index is 2.28. The lowest BCUT2D eigenvalue weighted by Crippen LogP contribution is -2.19. The van der Waals surface area contributed by atoms with E-state index in [2.05, 4.69) is 10.1 Å². The van der Waals surface area contributed by atoms with Gasteiger partial charge in [-0.25, -0.2) is 14.1 Å². The predicted molar refractivity (Wildman–Crippen MR) is 75.3 cm³/mol. The molecule has 0 fully saturated rings. The van der Waals surface area contributed by atoms with Crippen LogP contribution in [-0.2, 0) is 17.8 Å². The summed E-state index contributed by atoms with van der Waals surface area (Å²) in [6.45, 7) is 4.73. The Labute approximate surface area is 122 Å². The average molecular weight is 291 g/mol. The van der Waals surface area contributed by atoms with Crippen molar-refractivity contribution < 1.29 is 14.3 Å². The van der Waals surface area contributed by atoms with E-state index in [9.17, 15) is 14.3 Å². The smallest absolute Gasteiger partial charge is 0.311 e. The Kier molecular flexibility index (Phi) is 4.67. The van der Waals surface area contributed by atoms with Crippen LogP contribution < -0.4 is 0 Å². The van der Waals surface area contributed by atoms with E-state index in [1.165, 1.54) is 18.5 Å². The van der Waals surface area contributed by atoms with Crippen molar-refractivity contribution in [3.8, 4) is 0 Å². The van der Waals surface area contributed by atoms with E-state index >= 15 is 0 Å². The minimum Gasteiger partial charge on any atom is -0.481 e. The van der Waals surface area contributed by atoms with Crippen LogP contribution in [0.2, 0.25) is 0 Å². The molecular formula is C15H18FN3O2. The number of hydrogen-bond donors (Lipinski definition) is 1. The number of carboxylic acid groups (broad SMARTS) is 1. The first-order valence-electron chi connectivity index (χ1n) is 6.83. The number of aliphatic carboxylic acids is 1. The zero-order valence-electron chi connectivity index (χ0n) is 12.0. The van der Waals surface area contributed by atoms with Crippen molar-refractivity contribution in [2.24, 2.45) is 5.92 Å². The van der Waals surface area contributed by atoms with Crippen LogP contribution in [0.1, 0.15) is 31.2 Å². The fourth-order valence-corrected chi connectivity index (χ4v) is 2.22. The number of nitrogens with zero attached hydrogens (tertiary/aromatic N) is 3. The van der Waals surface area contributed by atoms with Crippen molar-refractivity contribution >= 4 is 5.97 Å². The first-order valence-corrected chi connectivity index (χ1v) is 6.83. The molecule has 2 rings (SSSR count). The molecule has 0 aliphatic heterocycles. The Hall–Kier alpha value is -2.24. The van der Waals surface area contributed by atoms with Gasteiger partial charge in [0.05, 0.1) is 5.92 Å². The van der Waals surface area contributed by atoms with Gasteiger partial charge in [0.2, 0.25) is 0 Å². The summed E-state index contributed by atoms with van der Waals surface area (Å²) < 4.78 is 15.5. The second kappa shape index (κ2) is 6.47. The first kappa shape index (κ1) is 15.2. The molecule has 1 N–H and O–H groups in total. The molecule has 1 heterocycles. The Morgan fingerprint density at radius 2 is 2.10 bits per heavy atom. The molecule has 0 aliphatic rings. The summed E-state index contributed by atoms with van der Waals surface area (Å²) in [7, 11) is 0. The SMILES string of the molecule is CC(C)Cn1ncnc1CC(C(=O)O)c1ccccc1F. The van der Waals surface area contributed by atoms with E-state index in [1.54, 1.807) is 16.8 Å². The van der Waals surface area contributed by atoms with Crippen molar-refractivity contribution in [2.75, 3.05) is 0 Å². The highest BCUT2D eigenvalue weighted by molar-refractivity contribution is 5.76. The van der Waals surface area contributed by atoms with Crippen molar-refractivity contribution in [1.82, 2.24) is 14.8 Å². The lowest BCUT2D eigenvalue weighted by molar-refractivity contribution is -0.138. The van der Waals surface area contributed by atoms with Crippen LogP contribution in [-0.4, -0.2) is 25.8 Å². The normalized spacial score (nSPS) is 12.6. The zero-order chi connectivity index (χ0) is 15.4. The molecule has 0 radical (unpaired) electrons. The third-order valence-corrected chi connectivity index (χ3v) is 3.20. The fourth-order valence-electron chi connectivity index (χ4n) is 2.22. The van der Waals surface area contributed by atoms with Crippen molar-refractivity contribution in [1.29, 1.82) is 0 Å². The van der Waals surface area contributed by atoms with Crippen LogP contribution in [0.25, 0.3) is 0 Å². The second-order valence-electron chi connectivity index (χ2n) is 5.37. The lowest BCUT2D eigenvalue weighted by atomic mass is 9.95. The summed E-state index contributed by atoms with van der Waals surface area (Å²) >= 11 is 0. The molecule has 6 heteroatoms. The molecule has 5 nitrogen and oxygen atoms in total. The standard InChI is InChI=1S/C15H18FN3O2/c1-10(2)8-19-14(17-9-18-19)7-12(15(20)21)11-5-3-4-6-13(11)16/h3-6,9-10,12H,7-8H2,1-2H3,(H,20,21). The van der Waals surface area contributed by atoms with E-state index in [4.69, 9.17) is 0 Å². The summed E-state index contributed by atoms with van der Waals surface area (Å²) in [4.78, 5) is 15.6. The Morgan fingerprint density at radius 1 is 1.38 bits per heavy atom. The quantitative estimate of drug-likeness (QED) is 0.887. The number of carbonyl (C=O) groups is 1. The van der Waals surface area contributed by atoms with Gasteiger partial charge in [-0.1, -0.05) is 32.0 Å². The molecule has 21 heavy (non-hydrogen) atoms. The molecule has 0 amide bonds. The number of carboxylic acids is 1. The number of halogens is 1. The van der Waals surface area contributed by atoms with Crippen LogP contribution in [0.3, 0.4) is 0 Å². The van der Waals surface area contributed by atoms with Gasteiger partial charge in [-0.3, -0.25) is 4.79 Å². The van der Waals surface area contributed by atoms with Crippen LogP contribution in [0.5, 0.6) is 0 Å². The van der Waals surface area contributed by atoms with Crippen LogP contribution >= 0.6 is 0 Å². The maximum Gasteiger partial charge on any atom is 0.311 e. The average Bonchev–Trinajstić information content (AvgIpc) is 2.83. The van der Waals surface area contributed by atoms with Gasteiger partial charge in [-0.15, -0.1) is 0 Å². The number of benzene rings is 1. The van der Waals surface area contributed by atoms with E-state index in [0.29, 0.717) is 18.3 Å². The minimum atomic E-state index is -1.07. The summed E-state index contributed by atoms with van der Waals surface area (Å²) in [6, 6.07) is 5.94. The van der Waals surface area contributed by atoms with Crippen molar-refractivity contribution in [3.63, 3.8) is 0 Å². The van der Waals surface area contributed by atoms with Gasteiger partial charge in [0.15, 0.2) is 0 Å². The van der Waals surface area contributed by atoms with Crippen molar-refractivity contribution in [2.45, 2.75) is 32.7 Å². The fraction of sp³-hybridized carbons (Fsp3) is 0.400. The number of aromatic nitrogens is 3. The first-order chi connectivity index (χ1) is 9.99. The molecule has 1 aromatic heterocycles. The largest absolute Gasteiger partial charge is 0.481 e. The van der Waals surface area contributed by atoms with Gasteiger partial charge < -0.3 is 5.11 Å². The molecule has 2 aromatic rings. The van der Waals surface area contributed by atoms with E-state index in [1.807, 2.05) is 13.8 Å². The molecule has 0 bridgehead atoms. The minimum absolute atomic E-state index is 0.114. The highest BCUT2D eigenvalue weighted by atomic mass is 19.1. The maximum atomic E-state index is 13.8. The molecule has 1 unspecified atom stereocenters. The molecular weight excluding hydrogens is 273 g/mol. The van der Waals surface area contributed by atoms with E-state index in [-0.39, 0.29) is 12.0 Å². The highest BCUT2D eigenvalue weighted by Crippen LogP contribution is 2.23. The summed E-state index contributed by atoms with van der Waals surface area (Å²) in [5.74, 6) is -1.64. The van der Waals surface area contributed by atoms with Crippen molar-refractivity contribution in [3.05, 3.63) is 47.8 Å². The van der Waals surface area contributed by atoms with Gasteiger partial charge in [0.1, 0.15) is 18.0 Å². The zero-order valence-corrected chi connectivity index (χ0v) is 12.0. The maximum absolute atomic E-state index is 13.8. The lowest BCUT2D eigenvalue weighted by Gasteiger charge is -2.14. The number of hydrogen-bond acceptors (Lipinski definition) is 3. The molecule has 112 valence electrons. The predicted octanol–water partition coefficient (Wildman–Crippen LogP) is 2.48. The third-order valence-electron chi connectivity index (χ3n) is 3.20. The van der Waals surface area contributed by atoms with E-state index in [0.717, 1.165) is 0 Å². The molecule has 1 atom stereocenters. The summed E-state index contributed by atoms with van der Waals surface area (Å²) in [5, 5.41) is 13.5. The van der Waals surface area contributed by atoms with Gasteiger partial charge in [-0.05, 0) is 12.0 Å². The molecule has 0 spiro atoms. The van der Waals surface area contributed by atoms with Gasteiger partial charge in [0.25, 0.3) is 0 Å².